The smallest absolute Gasteiger partial charge is 0.317 e. The molecule has 0 spiro atoms. The number of amides is 2. The van der Waals surface area contributed by atoms with Gasteiger partial charge in [-0.15, -0.1) is 0 Å². The number of nitrogens with zero attached hydrogens (tertiary/aromatic N) is 1. The van der Waals surface area contributed by atoms with Crippen LogP contribution in [0.2, 0.25) is 0 Å². The van der Waals surface area contributed by atoms with Gasteiger partial charge in [-0.2, -0.15) is 0 Å². The monoisotopic (exact) mass is 376 g/mol. The van der Waals surface area contributed by atoms with Gasteiger partial charge in [0.05, 0.1) is 11.5 Å². The van der Waals surface area contributed by atoms with E-state index in [1.54, 1.807) is 11.8 Å². The molecule has 3 rings (SSSR count). The Bertz CT molecular complexity index is 702. The zero-order chi connectivity index (χ0) is 19.4. The number of carboxylic acids is 1. The van der Waals surface area contributed by atoms with Crippen LogP contribution in [0, 0.1) is 12.3 Å². The molecule has 27 heavy (non-hydrogen) atoms. The fourth-order valence-corrected chi connectivity index (χ4v) is 3.49. The second kappa shape index (κ2) is 8.17. The zero-order valence-corrected chi connectivity index (χ0v) is 16.0. The van der Waals surface area contributed by atoms with Crippen LogP contribution < -0.4 is 10.1 Å². The molecule has 2 unspecified atom stereocenters. The Kier molecular flexibility index (Phi) is 5.89. The van der Waals surface area contributed by atoms with Crippen molar-refractivity contribution in [2.45, 2.75) is 45.8 Å². The van der Waals surface area contributed by atoms with Gasteiger partial charge in [-0.1, -0.05) is 12.1 Å². The van der Waals surface area contributed by atoms with Crippen molar-refractivity contribution in [3.8, 4) is 5.75 Å². The van der Waals surface area contributed by atoms with Crippen LogP contribution in [0.25, 0.3) is 0 Å². The molecular formula is C20H28N2O5. The average Bonchev–Trinajstić information content (AvgIpc) is 3.29. The molecule has 1 aromatic rings. The largest absolute Gasteiger partial charge is 0.491 e. The second-order valence-corrected chi connectivity index (χ2v) is 7.75. The van der Waals surface area contributed by atoms with E-state index in [1.165, 1.54) is 0 Å². The van der Waals surface area contributed by atoms with Crippen molar-refractivity contribution in [3.05, 3.63) is 29.3 Å². The minimum absolute atomic E-state index is 0.131. The van der Waals surface area contributed by atoms with Gasteiger partial charge in [0, 0.05) is 31.8 Å². The molecule has 2 saturated heterocycles. The maximum absolute atomic E-state index is 12.4. The molecule has 2 amide bonds. The molecule has 148 valence electrons. The Morgan fingerprint density at radius 3 is 2.93 bits per heavy atom. The number of nitrogens with one attached hydrogen (secondary N) is 1. The molecule has 7 heteroatoms. The lowest BCUT2D eigenvalue weighted by molar-refractivity contribution is -0.147. The first-order chi connectivity index (χ1) is 12.9. The van der Waals surface area contributed by atoms with Crippen LogP contribution in [0.15, 0.2) is 18.2 Å². The number of hydrogen-bond acceptors (Lipinski definition) is 4. The number of likely N-dealkylation sites (tertiary alicyclic amines) is 1. The van der Waals surface area contributed by atoms with E-state index in [9.17, 15) is 14.7 Å². The van der Waals surface area contributed by atoms with E-state index in [-0.39, 0.29) is 18.7 Å². The first kappa shape index (κ1) is 19.5. The van der Waals surface area contributed by atoms with Crippen LogP contribution in [-0.2, 0) is 16.1 Å². The molecule has 0 aliphatic carbocycles. The number of hydrogen-bond donors (Lipinski definition) is 2. The van der Waals surface area contributed by atoms with Gasteiger partial charge < -0.3 is 24.8 Å². The predicted octanol–water partition coefficient (Wildman–Crippen LogP) is 2.56. The molecule has 1 aromatic carbocycles. The summed E-state index contributed by atoms with van der Waals surface area (Å²) in [6, 6.07) is 5.66. The Balaban J connectivity index is 1.57. The van der Waals surface area contributed by atoms with Crippen LogP contribution in [-0.4, -0.2) is 54.4 Å². The molecule has 0 saturated carbocycles. The zero-order valence-electron chi connectivity index (χ0n) is 16.0. The summed E-state index contributed by atoms with van der Waals surface area (Å²) in [7, 11) is 0. The topological polar surface area (TPSA) is 88.1 Å². The van der Waals surface area contributed by atoms with Gasteiger partial charge in [-0.3, -0.25) is 4.79 Å². The van der Waals surface area contributed by atoms with Crippen LogP contribution >= 0.6 is 0 Å². The molecule has 0 aromatic heterocycles. The van der Waals surface area contributed by atoms with Gasteiger partial charge >= 0.3 is 12.0 Å². The molecule has 2 N–H and O–H groups in total. The van der Waals surface area contributed by atoms with Gasteiger partial charge in [0.25, 0.3) is 0 Å². The summed E-state index contributed by atoms with van der Waals surface area (Å²) in [5, 5.41) is 12.2. The fourth-order valence-electron chi connectivity index (χ4n) is 3.49. The van der Waals surface area contributed by atoms with E-state index < -0.39 is 11.4 Å². The predicted molar refractivity (Wildman–Crippen MR) is 99.8 cm³/mol. The molecule has 2 aliphatic heterocycles. The summed E-state index contributed by atoms with van der Waals surface area (Å²) >= 11 is 0. The maximum atomic E-state index is 12.4. The number of urea groups is 1. The lowest BCUT2D eigenvalue weighted by atomic mass is 9.90. The highest BCUT2D eigenvalue weighted by molar-refractivity contribution is 5.79. The maximum Gasteiger partial charge on any atom is 0.317 e. The summed E-state index contributed by atoms with van der Waals surface area (Å²) in [6.45, 7) is 5.98. The van der Waals surface area contributed by atoms with Crippen molar-refractivity contribution in [2.24, 2.45) is 5.41 Å². The highest BCUT2D eigenvalue weighted by Crippen LogP contribution is 2.30. The number of benzene rings is 1. The van der Waals surface area contributed by atoms with Crippen molar-refractivity contribution in [3.63, 3.8) is 0 Å². The number of ether oxygens (including phenoxy) is 2. The molecule has 2 aliphatic rings. The van der Waals surface area contributed by atoms with E-state index in [4.69, 9.17) is 9.47 Å². The summed E-state index contributed by atoms with van der Waals surface area (Å²) in [5.41, 5.74) is 1.12. The van der Waals surface area contributed by atoms with E-state index in [1.807, 2.05) is 25.1 Å². The Morgan fingerprint density at radius 2 is 2.26 bits per heavy atom. The summed E-state index contributed by atoms with van der Waals surface area (Å²) < 4.78 is 11.6. The highest BCUT2D eigenvalue weighted by atomic mass is 16.5. The number of aliphatic carboxylic acids is 1. The standard InChI is InChI=1S/C20H28N2O5/c1-14-5-6-15(17(10-14)27-12-16-4-3-9-26-16)11-21-19(25)22-8-7-20(2,13-22)18(23)24/h5-6,10,16H,3-4,7-9,11-13H2,1-2H3,(H,21,25)(H,23,24). The van der Waals surface area contributed by atoms with Crippen LogP contribution in [0.3, 0.4) is 0 Å². The number of carbonyl (C=O) groups is 2. The number of carboxylic acid groups (broad SMARTS) is 1. The third kappa shape index (κ3) is 4.71. The average molecular weight is 376 g/mol. The van der Waals surface area contributed by atoms with E-state index >= 15 is 0 Å². The van der Waals surface area contributed by atoms with E-state index in [0.29, 0.717) is 26.1 Å². The highest BCUT2D eigenvalue weighted by Gasteiger charge is 2.42. The van der Waals surface area contributed by atoms with Gasteiger partial charge in [-0.25, -0.2) is 4.79 Å². The summed E-state index contributed by atoms with van der Waals surface area (Å²) in [5.74, 6) is -0.108. The Labute approximate surface area is 159 Å². The molecule has 7 nitrogen and oxygen atoms in total. The first-order valence-electron chi connectivity index (χ1n) is 9.47. The Morgan fingerprint density at radius 1 is 1.44 bits per heavy atom. The van der Waals surface area contributed by atoms with Crippen molar-refractivity contribution < 1.29 is 24.2 Å². The quantitative estimate of drug-likeness (QED) is 0.797. The lowest BCUT2D eigenvalue weighted by Gasteiger charge is -2.21. The number of rotatable bonds is 6. The SMILES string of the molecule is Cc1ccc(CNC(=O)N2CCC(C)(C(=O)O)C2)c(OCC2CCCO2)c1. The second-order valence-electron chi connectivity index (χ2n) is 7.75. The summed E-state index contributed by atoms with van der Waals surface area (Å²) in [6.07, 6.45) is 2.67. The van der Waals surface area contributed by atoms with Gasteiger partial charge in [-0.05, 0) is 44.7 Å². The summed E-state index contributed by atoms with van der Waals surface area (Å²) in [4.78, 5) is 25.3. The van der Waals surface area contributed by atoms with Crippen LogP contribution in [0.1, 0.15) is 37.3 Å². The third-order valence-electron chi connectivity index (χ3n) is 5.38. The first-order valence-corrected chi connectivity index (χ1v) is 9.47. The van der Waals surface area contributed by atoms with Crippen molar-refractivity contribution >= 4 is 12.0 Å². The minimum Gasteiger partial charge on any atom is -0.491 e. The Hall–Kier alpha value is -2.28. The normalized spacial score (nSPS) is 24.8. The number of carbonyl (C=O) groups excluding carboxylic acids is 1. The van der Waals surface area contributed by atoms with Crippen molar-refractivity contribution in [2.75, 3.05) is 26.3 Å². The van der Waals surface area contributed by atoms with Gasteiger partial charge in [0.15, 0.2) is 0 Å². The molecule has 2 atom stereocenters. The molecule has 0 bridgehead atoms. The third-order valence-corrected chi connectivity index (χ3v) is 5.38. The molecule has 2 heterocycles. The van der Waals surface area contributed by atoms with Gasteiger partial charge in [0.2, 0.25) is 0 Å². The van der Waals surface area contributed by atoms with Crippen LogP contribution in [0.5, 0.6) is 5.75 Å². The lowest BCUT2D eigenvalue weighted by Crippen LogP contribution is -2.40. The van der Waals surface area contributed by atoms with Crippen LogP contribution in [0.4, 0.5) is 4.79 Å². The fraction of sp³-hybridized carbons (Fsp3) is 0.600. The van der Waals surface area contributed by atoms with Crippen molar-refractivity contribution in [1.82, 2.24) is 10.2 Å². The number of aryl methyl sites for hydroxylation is 1. The van der Waals surface area contributed by atoms with Gasteiger partial charge in [0.1, 0.15) is 12.4 Å². The molecule has 0 radical (unpaired) electrons. The molecular weight excluding hydrogens is 348 g/mol. The van der Waals surface area contributed by atoms with E-state index in [2.05, 4.69) is 5.32 Å². The van der Waals surface area contributed by atoms with Crippen molar-refractivity contribution in [1.29, 1.82) is 0 Å². The van der Waals surface area contributed by atoms with E-state index in [0.717, 1.165) is 36.3 Å². The minimum atomic E-state index is -0.864. The molecule has 2 fully saturated rings.